The van der Waals surface area contributed by atoms with Gasteiger partial charge in [-0.1, -0.05) is 18.2 Å². The van der Waals surface area contributed by atoms with E-state index < -0.39 is 0 Å². The Bertz CT molecular complexity index is 1630. The number of H-pyrrole nitrogens is 1. The summed E-state index contributed by atoms with van der Waals surface area (Å²) in [5.41, 5.74) is 6.16. The lowest BCUT2D eigenvalue weighted by Gasteiger charge is -2.36. The van der Waals surface area contributed by atoms with Gasteiger partial charge in [0.1, 0.15) is 23.4 Å². The van der Waals surface area contributed by atoms with Crippen molar-refractivity contribution in [3.8, 4) is 11.5 Å². The highest BCUT2D eigenvalue weighted by molar-refractivity contribution is 5.59. The van der Waals surface area contributed by atoms with Crippen molar-refractivity contribution in [1.29, 1.82) is 0 Å². The van der Waals surface area contributed by atoms with Gasteiger partial charge in [0, 0.05) is 86.1 Å². The van der Waals surface area contributed by atoms with Gasteiger partial charge in [0.15, 0.2) is 0 Å². The molecule has 0 amide bonds. The number of ether oxygens (including phenoxy) is 2. The molecule has 3 aliphatic rings. The molecule has 5 heterocycles. The van der Waals surface area contributed by atoms with Crippen LogP contribution in [0.3, 0.4) is 0 Å². The normalized spacial score (nSPS) is 19.1. The maximum Gasteiger partial charge on any atom is 0.249 e. The molecule has 8 nitrogen and oxygen atoms in total. The Morgan fingerprint density at radius 1 is 1.02 bits per heavy atom. The molecular formula is C33H34FN5O3. The van der Waals surface area contributed by atoms with Gasteiger partial charge in [-0.3, -0.25) is 14.7 Å². The van der Waals surface area contributed by atoms with E-state index in [4.69, 9.17) is 9.47 Å². The molecule has 0 bridgehead atoms. The number of fused-ring (bicyclic) bond motifs is 2. The van der Waals surface area contributed by atoms with Crippen molar-refractivity contribution in [1.82, 2.24) is 14.9 Å². The van der Waals surface area contributed by atoms with E-state index in [9.17, 15) is 9.18 Å². The summed E-state index contributed by atoms with van der Waals surface area (Å²) in [6, 6.07) is 18.2. The molecule has 2 aromatic heterocycles. The second-order valence-electron chi connectivity index (χ2n) is 11.4. The number of hydrogen-bond donors (Lipinski definition) is 2. The summed E-state index contributed by atoms with van der Waals surface area (Å²) < 4.78 is 26.2. The Balaban J connectivity index is 1.000. The second-order valence-corrected chi connectivity index (χ2v) is 11.4. The summed E-state index contributed by atoms with van der Waals surface area (Å²) in [6.07, 6.45) is 7.37. The molecule has 0 aliphatic carbocycles. The maximum atomic E-state index is 13.5. The molecule has 9 heteroatoms. The number of hydrogen-bond acceptors (Lipinski definition) is 7. The molecule has 2 fully saturated rings. The number of piperidine rings is 1. The molecular weight excluding hydrogens is 533 g/mol. The van der Waals surface area contributed by atoms with Crippen LogP contribution in [0.1, 0.15) is 41.2 Å². The minimum absolute atomic E-state index is 0.106. The monoisotopic (exact) mass is 567 g/mol. The highest BCUT2D eigenvalue weighted by Gasteiger charge is 2.29. The fourth-order valence-corrected chi connectivity index (χ4v) is 6.32. The SMILES string of the molecule is O=c1cc(N2CCOC(c3cccc4c3Oc3ccc(NC5CCN(Cc6cncc(F)c6)CC5)cc3C4)C2)cc[nH]1. The molecule has 0 saturated carbocycles. The molecule has 7 rings (SSSR count). The van der Waals surface area contributed by atoms with E-state index in [-0.39, 0.29) is 17.5 Å². The Morgan fingerprint density at radius 3 is 2.79 bits per heavy atom. The average Bonchev–Trinajstić information content (AvgIpc) is 3.01. The topological polar surface area (TPSA) is 82.7 Å². The number of anilines is 2. The highest BCUT2D eigenvalue weighted by Crippen LogP contribution is 2.43. The zero-order valence-electron chi connectivity index (χ0n) is 23.4. The fraction of sp³-hybridized carbons (Fsp3) is 0.333. The van der Waals surface area contributed by atoms with Crippen LogP contribution in [-0.2, 0) is 17.7 Å². The van der Waals surface area contributed by atoms with Crippen molar-refractivity contribution < 1.29 is 13.9 Å². The molecule has 2 N–H and O–H groups in total. The zero-order chi connectivity index (χ0) is 28.5. The smallest absolute Gasteiger partial charge is 0.249 e. The van der Waals surface area contributed by atoms with Crippen molar-refractivity contribution >= 4 is 11.4 Å². The number of morpholine rings is 1. The van der Waals surface area contributed by atoms with Gasteiger partial charge in [-0.2, -0.15) is 0 Å². The molecule has 2 saturated heterocycles. The van der Waals surface area contributed by atoms with Gasteiger partial charge >= 0.3 is 0 Å². The minimum Gasteiger partial charge on any atom is -0.456 e. The number of rotatable bonds is 6. The number of nitrogens with one attached hydrogen (secondary N) is 2. The summed E-state index contributed by atoms with van der Waals surface area (Å²) in [6.45, 7) is 4.60. The Kier molecular flexibility index (Phi) is 7.36. The number of para-hydroxylation sites is 1. The van der Waals surface area contributed by atoms with E-state index in [1.165, 1.54) is 6.20 Å². The van der Waals surface area contributed by atoms with Crippen LogP contribution in [0.2, 0.25) is 0 Å². The van der Waals surface area contributed by atoms with Crippen LogP contribution in [0.4, 0.5) is 15.8 Å². The van der Waals surface area contributed by atoms with Crippen LogP contribution >= 0.6 is 0 Å². The van der Waals surface area contributed by atoms with Gasteiger partial charge in [0.05, 0.1) is 12.8 Å². The largest absolute Gasteiger partial charge is 0.456 e. The second kappa shape index (κ2) is 11.6. The molecule has 216 valence electrons. The van der Waals surface area contributed by atoms with E-state index in [1.54, 1.807) is 24.5 Å². The third kappa shape index (κ3) is 5.75. The first-order chi connectivity index (χ1) is 20.6. The number of nitrogens with zero attached hydrogens (tertiary/aromatic N) is 3. The molecule has 4 aromatic rings. The number of benzene rings is 2. The molecule has 1 unspecified atom stereocenters. The predicted molar refractivity (Wildman–Crippen MR) is 160 cm³/mol. The van der Waals surface area contributed by atoms with Gasteiger partial charge < -0.3 is 24.7 Å². The highest BCUT2D eigenvalue weighted by atomic mass is 19.1. The predicted octanol–water partition coefficient (Wildman–Crippen LogP) is 5.26. The van der Waals surface area contributed by atoms with Gasteiger partial charge in [0.25, 0.3) is 0 Å². The van der Waals surface area contributed by atoms with Crippen molar-refractivity contribution in [2.75, 3.05) is 43.0 Å². The van der Waals surface area contributed by atoms with Gasteiger partial charge in [-0.15, -0.1) is 0 Å². The summed E-state index contributed by atoms with van der Waals surface area (Å²) in [7, 11) is 0. The van der Waals surface area contributed by atoms with Crippen molar-refractivity contribution in [3.63, 3.8) is 0 Å². The number of halogens is 1. The van der Waals surface area contributed by atoms with Crippen LogP contribution in [0.15, 0.2) is 78.0 Å². The standard InChI is InChI=1S/C33H34FN5O3/c34-25-14-22(18-35-19-25)20-38-10-7-26(8-11-38)37-27-4-5-30-24(16-27)15-23-2-1-3-29(33(23)42-30)31-21-39(12-13-41-31)28-6-9-36-32(40)17-28/h1-6,9,14,16-19,26,31,37H,7-8,10-13,15,20-21H2,(H,36,40). The van der Waals surface area contributed by atoms with Gasteiger partial charge in [0.2, 0.25) is 5.56 Å². The Labute approximate surface area is 244 Å². The molecule has 0 radical (unpaired) electrons. The molecule has 2 aromatic carbocycles. The van der Waals surface area contributed by atoms with Gasteiger partial charge in [-0.05, 0) is 54.3 Å². The fourth-order valence-electron chi connectivity index (χ4n) is 6.32. The third-order valence-corrected chi connectivity index (χ3v) is 8.44. The van der Waals surface area contributed by atoms with Crippen molar-refractivity contribution in [3.05, 3.63) is 112 Å². The summed E-state index contributed by atoms with van der Waals surface area (Å²) >= 11 is 0. The van der Waals surface area contributed by atoms with Crippen molar-refractivity contribution in [2.45, 2.75) is 38.0 Å². The number of likely N-dealkylation sites (tertiary alicyclic amines) is 1. The molecule has 3 aliphatic heterocycles. The van der Waals surface area contributed by atoms with E-state index in [1.807, 2.05) is 6.07 Å². The summed E-state index contributed by atoms with van der Waals surface area (Å²) in [5, 5.41) is 3.73. The lowest BCUT2D eigenvalue weighted by molar-refractivity contribution is 0.0384. The Morgan fingerprint density at radius 2 is 1.93 bits per heavy atom. The molecule has 1 atom stereocenters. The van der Waals surface area contributed by atoms with Crippen LogP contribution in [0.5, 0.6) is 11.5 Å². The quantitative estimate of drug-likeness (QED) is 0.290. The van der Waals surface area contributed by atoms with E-state index in [2.05, 4.69) is 61.5 Å². The number of aromatic amines is 1. The zero-order valence-corrected chi connectivity index (χ0v) is 23.4. The first-order valence-electron chi connectivity index (χ1n) is 14.6. The Hall–Kier alpha value is -4.21. The summed E-state index contributed by atoms with van der Waals surface area (Å²) in [5.74, 6) is 1.47. The minimum atomic E-state index is -0.282. The van der Waals surface area contributed by atoms with Gasteiger partial charge in [-0.25, -0.2) is 4.39 Å². The van der Waals surface area contributed by atoms with E-state index in [0.29, 0.717) is 19.2 Å². The number of pyridine rings is 2. The molecule has 0 spiro atoms. The lowest BCUT2D eigenvalue weighted by Crippen LogP contribution is -2.39. The van der Waals surface area contributed by atoms with Crippen LogP contribution < -0.4 is 20.5 Å². The van der Waals surface area contributed by atoms with Crippen molar-refractivity contribution in [2.24, 2.45) is 0 Å². The molecule has 42 heavy (non-hydrogen) atoms. The average molecular weight is 568 g/mol. The van der Waals surface area contributed by atoms with E-state index in [0.717, 1.165) is 90.6 Å². The summed E-state index contributed by atoms with van der Waals surface area (Å²) in [4.78, 5) is 23.1. The van der Waals surface area contributed by atoms with E-state index >= 15 is 0 Å². The van der Waals surface area contributed by atoms with Crippen LogP contribution in [0.25, 0.3) is 0 Å². The third-order valence-electron chi connectivity index (χ3n) is 8.44. The van der Waals surface area contributed by atoms with Crippen LogP contribution in [0, 0.1) is 5.82 Å². The maximum absolute atomic E-state index is 13.5. The first kappa shape index (κ1) is 26.7. The lowest BCUT2D eigenvalue weighted by atomic mass is 9.95. The number of aromatic nitrogens is 2. The first-order valence-corrected chi connectivity index (χ1v) is 14.6. The van der Waals surface area contributed by atoms with Crippen LogP contribution in [-0.4, -0.2) is 53.7 Å².